The summed E-state index contributed by atoms with van der Waals surface area (Å²) < 4.78 is 10.9. The van der Waals surface area contributed by atoms with Gasteiger partial charge in [-0.2, -0.15) is 0 Å². The average Bonchev–Trinajstić information content (AvgIpc) is 3.02. The van der Waals surface area contributed by atoms with Gasteiger partial charge in [-0.25, -0.2) is 9.59 Å². The normalized spacial score (nSPS) is 17.8. The lowest BCUT2D eigenvalue weighted by Crippen LogP contribution is -2.71. The van der Waals surface area contributed by atoms with Crippen molar-refractivity contribution in [2.75, 3.05) is 18.6 Å². The first kappa shape index (κ1) is 30.0. The van der Waals surface area contributed by atoms with E-state index in [-0.39, 0.29) is 22.8 Å². The number of fused-ring (bicyclic) bond motifs is 1. The van der Waals surface area contributed by atoms with Crippen molar-refractivity contribution < 1.29 is 28.7 Å². The highest BCUT2D eigenvalue weighted by molar-refractivity contribution is 8.00. The van der Waals surface area contributed by atoms with Gasteiger partial charge in [-0.15, -0.1) is 23.5 Å². The number of β-lactam (4-membered cyclic amide) rings is 1. The van der Waals surface area contributed by atoms with Crippen molar-refractivity contribution in [1.82, 2.24) is 10.2 Å². The molecule has 216 valence electrons. The molecule has 8 nitrogen and oxygen atoms in total. The minimum absolute atomic E-state index is 0.00475. The van der Waals surface area contributed by atoms with Crippen molar-refractivity contribution in [2.45, 2.75) is 22.4 Å². The molecule has 3 aromatic carbocycles. The Morgan fingerprint density at radius 1 is 1.00 bits per heavy atom. The lowest BCUT2D eigenvalue weighted by atomic mass is 10.0. The third-order valence-electron chi connectivity index (χ3n) is 6.59. The molecule has 1 N–H and O–H groups in total. The van der Waals surface area contributed by atoms with Crippen LogP contribution >= 0.6 is 46.7 Å². The molecular weight excluding hydrogens is 619 g/mol. The number of carbonyl (C=O) groups is 4. The first-order chi connectivity index (χ1) is 20.3. The molecule has 1 fully saturated rings. The molecule has 2 atom stereocenters. The summed E-state index contributed by atoms with van der Waals surface area (Å²) in [6.45, 7) is 0. The number of esters is 2. The topological polar surface area (TPSA) is 102 Å². The molecule has 0 radical (unpaired) electrons. The lowest BCUT2D eigenvalue weighted by Gasteiger charge is -2.49. The summed E-state index contributed by atoms with van der Waals surface area (Å²) in [7, 11) is 1.20. The molecule has 0 bridgehead atoms. The monoisotopic (exact) mass is 642 g/mol. The average molecular weight is 644 g/mol. The zero-order valence-electron chi connectivity index (χ0n) is 22.1. The highest BCUT2D eigenvalue weighted by Crippen LogP contribution is 2.42. The van der Waals surface area contributed by atoms with E-state index in [1.165, 1.54) is 35.5 Å². The highest BCUT2D eigenvalue weighted by Gasteiger charge is 2.55. The Morgan fingerprint density at radius 2 is 1.64 bits per heavy atom. The van der Waals surface area contributed by atoms with Gasteiger partial charge in [0, 0.05) is 15.7 Å². The largest absolute Gasteiger partial charge is 0.466 e. The van der Waals surface area contributed by atoms with E-state index in [4.69, 9.17) is 32.7 Å². The maximum atomic E-state index is 13.8. The van der Waals surface area contributed by atoms with E-state index >= 15 is 0 Å². The van der Waals surface area contributed by atoms with Gasteiger partial charge in [0.25, 0.3) is 5.91 Å². The van der Waals surface area contributed by atoms with Crippen LogP contribution in [0.4, 0.5) is 0 Å². The van der Waals surface area contributed by atoms with Crippen LogP contribution in [0.1, 0.15) is 17.2 Å². The first-order valence-corrected chi connectivity index (χ1v) is 15.5. The second kappa shape index (κ2) is 13.2. The van der Waals surface area contributed by atoms with E-state index < -0.39 is 41.3 Å². The molecule has 2 aliphatic rings. The van der Waals surface area contributed by atoms with Crippen LogP contribution in [0.3, 0.4) is 0 Å². The third-order valence-corrected chi connectivity index (χ3v) is 9.60. The van der Waals surface area contributed by atoms with Crippen LogP contribution in [0, 0.1) is 0 Å². The molecule has 1 unspecified atom stereocenters. The Morgan fingerprint density at radius 3 is 2.26 bits per heavy atom. The van der Waals surface area contributed by atoms with E-state index in [9.17, 15) is 19.2 Å². The summed E-state index contributed by atoms with van der Waals surface area (Å²) in [6, 6.07) is 22.4. The molecule has 2 amide bonds. The fraction of sp³-hybridized carbons (Fsp3) is 0.200. The molecule has 2 aliphatic heterocycles. The number of amides is 2. The maximum Gasteiger partial charge on any atom is 0.356 e. The van der Waals surface area contributed by atoms with E-state index in [0.29, 0.717) is 14.9 Å². The number of benzene rings is 3. The van der Waals surface area contributed by atoms with Crippen LogP contribution < -0.4 is 5.32 Å². The molecular formula is C30H24Cl2N2O6S2. The van der Waals surface area contributed by atoms with Crippen molar-refractivity contribution in [1.29, 1.82) is 0 Å². The second-order valence-electron chi connectivity index (χ2n) is 9.24. The lowest BCUT2D eigenvalue weighted by molar-refractivity contribution is -0.155. The minimum atomic E-state index is -0.890. The van der Waals surface area contributed by atoms with Gasteiger partial charge in [0.2, 0.25) is 5.91 Å². The molecule has 1 saturated heterocycles. The maximum absolute atomic E-state index is 13.8. The molecule has 3 aromatic rings. The van der Waals surface area contributed by atoms with Crippen LogP contribution in [-0.4, -0.2) is 58.7 Å². The van der Waals surface area contributed by atoms with Gasteiger partial charge in [0.05, 0.1) is 23.5 Å². The summed E-state index contributed by atoms with van der Waals surface area (Å²) in [6.07, 6.45) is -0.790. The van der Waals surface area contributed by atoms with Gasteiger partial charge in [0.15, 0.2) is 6.10 Å². The number of methoxy groups -OCH3 is 1. The number of halogens is 2. The third kappa shape index (κ3) is 6.32. The summed E-state index contributed by atoms with van der Waals surface area (Å²) in [5.74, 6) is -2.42. The van der Waals surface area contributed by atoms with Crippen LogP contribution in [0.5, 0.6) is 0 Å². The van der Waals surface area contributed by atoms with Gasteiger partial charge < -0.3 is 14.8 Å². The molecule has 12 heteroatoms. The van der Waals surface area contributed by atoms with Crippen molar-refractivity contribution in [3.05, 3.63) is 111 Å². The number of ether oxygens (including phenoxy) is 2. The molecule has 5 rings (SSSR count). The van der Waals surface area contributed by atoms with Crippen LogP contribution in [0.2, 0.25) is 10.0 Å². The Labute approximate surface area is 260 Å². The van der Waals surface area contributed by atoms with Gasteiger partial charge >= 0.3 is 11.9 Å². The highest BCUT2D eigenvalue weighted by atomic mass is 35.5. The van der Waals surface area contributed by atoms with Crippen LogP contribution in [0.25, 0.3) is 0 Å². The SMILES string of the molecule is COC(=O)C1=C(C(=O)OC(c2ccccc2)c2ccccc2)N2C(=O)C(NC(=O)CSc3cc(Cl)ccc3Cl)[C@H]2SC1. The van der Waals surface area contributed by atoms with Gasteiger partial charge in [-0.1, -0.05) is 83.9 Å². The fourth-order valence-corrected chi connectivity index (χ4v) is 7.21. The van der Waals surface area contributed by atoms with Gasteiger partial charge in [-0.05, 0) is 29.3 Å². The summed E-state index contributed by atoms with van der Waals surface area (Å²) in [5, 5.41) is 3.08. The Balaban J connectivity index is 1.35. The molecule has 42 heavy (non-hydrogen) atoms. The summed E-state index contributed by atoms with van der Waals surface area (Å²) in [4.78, 5) is 54.4. The second-order valence-corrected chi connectivity index (χ2v) is 12.2. The Bertz CT molecular complexity index is 1510. The summed E-state index contributed by atoms with van der Waals surface area (Å²) in [5.41, 5.74) is 1.28. The number of hydrogen-bond donors (Lipinski definition) is 1. The van der Waals surface area contributed by atoms with E-state index in [1.54, 1.807) is 18.2 Å². The molecule has 0 spiro atoms. The first-order valence-electron chi connectivity index (χ1n) is 12.7. The van der Waals surface area contributed by atoms with Crippen molar-refractivity contribution >= 4 is 70.5 Å². The fourth-order valence-electron chi connectivity index (χ4n) is 4.58. The number of nitrogens with one attached hydrogen (secondary N) is 1. The number of rotatable bonds is 9. The van der Waals surface area contributed by atoms with Gasteiger partial charge in [0.1, 0.15) is 17.1 Å². The standard InChI is InChI=1S/C30H24Cl2N2O6S2/c1-39-29(37)20-15-42-28-24(33-23(35)16-41-22-14-19(31)12-13-21(22)32)27(36)34(28)25(20)30(38)40-26(17-8-4-2-5-9-17)18-10-6-3-7-11-18/h2-14,24,26,28H,15-16H2,1H3,(H,33,35)/t24?,28-/m1/s1. The number of carbonyl (C=O) groups excluding carboxylic acids is 4. The Hall–Kier alpha value is -3.44. The Kier molecular flexibility index (Phi) is 9.47. The summed E-state index contributed by atoms with van der Waals surface area (Å²) >= 11 is 14.7. The van der Waals surface area contributed by atoms with Crippen LogP contribution in [-0.2, 0) is 28.7 Å². The molecule has 0 saturated carbocycles. The predicted molar refractivity (Wildman–Crippen MR) is 162 cm³/mol. The van der Waals surface area contributed by atoms with Crippen LogP contribution in [0.15, 0.2) is 95.0 Å². The molecule has 0 aliphatic carbocycles. The number of hydrogen-bond acceptors (Lipinski definition) is 8. The quantitative estimate of drug-likeness (QED) is 0.192. The van der Waals surface area contributed by atoms with Gasteiger partial charge in [-0.3, -0.25) is 14.5 Å². The minimum Gasteiger partial charge on any atom is -0.466 e. The smallest absolute Gasteiger partial charge is 0.356 e. The predicted octanol–water partition coefficient (Wildman–Crippen LogP) is 5.25. The van der Waals surface area contributed by atoms with Crippen molar-refractivity contribution in [3.8, 4) is 0 Å². The van der Waals surface area contributed by atoms with E-state index in [1.807, 2.05) is 60.7 Å². The van der Waals surface area contributed by atoms with Crippen molar-refractivity contribution in [2.24, 2.45) is 0 Å². The number of nitrogens with zero attached hydrogens (tertiary/aromatic N) is 1. The zero-order chi connectivity index (χ0) is 29.8. The zero-order valence-corrected chi connectivity index (χ0v) is 25.3. The van der Waals surface area contributed by atoms with E-state index in [0.717, 1.165) is 11.1 Å². The van der Waals surface area contributed by atoms with Crippen molar-refractivity contribution in [3.63, 3.8) is 0 Å². The molecule has 2 heterocycles. The number of thioether (sulfide) groups is 2. The molecule has 0 aromatic heterocycles. The van der Waals surface area contributed by atoms with E-state index in [2.05, 4.69) is 5.32 Å².